The van der Waals surface area contributed by atoms with Crippen molar-refractivity contribution >= 4 is 23.5 Å². The minimum absolute atomic E-state index is 0.159. The molecule has 0 saturated heterocycles. The molecule has 1 unspecified atom stereocenters. The van der Waals surface area contributed by atoms with Crippen molar-refractivity contribution in [3.05, 3.63) is 11.8 Å². The van der Waals surface area contributed by atoms with E-state index in [1.54, 1.807) is 24.6 Å². The highest BCUT2D eigenvalue weighted by Gasteiger charge is 2.29. The van der Waals surface area contributed by atoms with Crippen LogP contribution in [0.1, 0.15) is 31.6 Å². The van der Waals surface area contributed by atoms with E-state index in [0.717, 1.165) is 12.8 Å². The Morgan fingerprint density at radius 3 is 3.05 bits per heavy atom. The molecule has 9 heteroatoms. The molecule has 20 heavy (non-hydrogen) atoms. The van der Waals surface area contributed by atoms with Crippen LogP contribution in [0.4, 0.5) is 5.82 Å². The summed E-state index contributed by atoms with van der Waals surface area (Å²) >= 11 is 1.34. The van der Waals surface area contributed by atoms with Gasteiger partial charge in [-0.05, 0) is 37.1 Å². The van der Waals surface area contributed by atoms with Crippen LogP contribution in [0.2, 0.25) is 0 Å². The molecular formula is C11H14N6O2S. The fourth-order valence-corrected chi connectivity index (χ4v) is 2.54. The van der Waals surface area contributed by atoms with E-state index in [-0.39, 0.29) is 11.2 Å². The molecule has 2 heterocycles. The van der Waals surface area contributed by atoms with Crippen LogP contribution in [-0.4, -0.2) is 36.5 Å². The Balaban J connectivity index is 1.61. The van der Waals surface area contributed by atoms with E-state index >= 15 is 0 Å². The number of nitrogens with one attached hydrogen (secondary N) is 1. The molecule has 0 aromatic carbocycles. The van der Waals surface area contributed by atoms with Gasteiger partial charge >= 0.3 is 0 Å². The van der Waals surface area contributed by atoms with Gasteiger partial charge in [0.05, 0.1) is 11.3 Å². The van der Waals surface area contributed by atoms with Crippen molar-refractivity contribution in [2.75, 3.05) is 5.32 Å². The lowest BCUT2D eigenvalue weighted by atomic mass is 10.4. The lowest BCUT2D eigenvalue weighted by Gasteiger charge is -2.09. The van der Waals surface area contributed by atoms with Crippen molar-refractivity contribution in [1.29, 1.82) is 0 Å². The Bertz CT molecular complexity index is 620. The molecule has 2 aromatic heterocycles. The molecule has 3 rings (SSSR count). The molecule has 8 nitrogen and oxygen atoms in total. The number of anilines is 1. The van der Waals surface area contributed by atoms with E-state index in [9.17, 15) is 4.79 Å². The predicted molar refractivity (Wildman–Crippen MR) is 71.3 cm³/mol. The number of hydrogen-bond donors (Lipinski definition) is 1. The van der Waals surface area contributed by atoms with E-state index in [1.165, 1.54) is 11.8 Å². The minimum atomic E-state index is -0.324. The lowest BCUT2D eigenvalue weighted by Crippen LogP contribution is -2.23. The zero-order chi connectivity index (χ0) is 14.1. The Kier molecular flexibility index (Phi) is 3.43. The molecule has 1 N–H and O–H groups in total. The number of thioether (sulfide) groups is 1. The van der Waals surface area contributed by atoms with Crippen LogP contribution >= 0.6 is 11.8 Å². The smallest absolute Gasteiger partial charge is 0.238 e. The highest BCUT2D eigenvalue weighted by atomic mass is 32.2. The van der Waals surface area contributed by atoms with E-state index in [0.29, 0.717) is 22.8 Å². The summed E-state index contributed by atoms with van der Waals surface area (Å²) in [4.78, 5) is 12.1. The molecular weight excluding hydrogens is 280 g/mol. The van der Waals surface area contributed by atoms with Gasteiger partial charge in [-0.25, -0.2) is 4.68 Å². The summed E-state index contributed by atoms with van der Waals surface area (Å²) in [6, 6.07) is 2.06. The number of hydrogen-bond acceptors (Lipinski definition) is 7. The normalized spacial score (nSPS) is 16.1. The van der Waals surface area contributed by atoms with Gasteiger partial charge in [0.1, 0.15) is 5.76 Å². The van der Waals surface area contributed by atoms with Crippen molar-refractivity contribution in [2.45, 2.75) is 43.1 Å². The van der Waals surface area contributed by atoms with Crippen molar-refractivity contribution in [1.82, 2.24) is 25.4 Å². The van der Waals surface area contributed by atoms with Gasteiger partial charge in [0.2, 0.25) is 11.1 Å². The summed E-state index contributed by atoms with van der Waals surface area (Å²) in [7, 11) is 0. The van der Waals surface area contributed by atoms with E-state index in [4.69, 9.17) is 4.52 Å². The Hall–Kier alpha value is -1.90. The first-order valence-electron chi connectivity index (χ1n) is 6.32. The summed E-state index contributed by atoms with van der Waals surface area (Å²) in [5.74, 6) is 0.911. The van der Waals surface area contributed by atoms with E-state index in [2.05, 4.69) is 26.0 Å². The van der Waals surface area contributed by atoms with Gasteiger partial charge in [0, 0.05) is 6.07 Å². The van der Waals surface area contributed by atoms with Gasteiger partial charge < -0.3 is 9.84 Å². The van der Waals surface area contributed by atoms with Crippen molar-refractivity contribution in [3.8, 4) is 0 Å². The molecule has 106 valence electrons. The van der Waals surface area contributed by atoms with Crippen LogP contribution in [-0.2, 0) is 4.79 Å². The van der Waals surface area contributed by atoms with Crippen LogP contribution in [0.3, 0.4) is 0 Å². The summed E-state index contributed by atoms with van der Waals surface area (Å²) < 4.78 is 6.69. The maximum absolute atomic E-state index is 12.1. The largest absolute Gasteiger partial charge is 0.360 e. The van der Waals surface area contributed by atoms with E-state index < -0.39 is 0 Å². The second-order valence-electron chi connectivity index (χ2n) is 4.71. The quantitative estimate of drug-likeness (QED) is 0.832. The number of aromatic nitrogens is 5. The maximum atomic E-state index is 12.1. The van der Waals surface area contributed by atoms with Gasteiger partial charge in [-0.1, -0.05) is 16.9 Å². The molecule has 1 aliphatic rings. The number of rotatable bonds is 5. The third-order valence-electron chi connectivity index (χ3n) is 2.89. The fourth-order valence-electron chi connectivity index (χ4n) is 1.68. The second-order valence-corrected chi connectivity index (χ2v) is 6.02. The number of nitrogens with zero attached hydrogens (tertiary/aromatic N) is 5. The first-order valence-corrected chi connectivity index (χ1v) is 7.20. The standard InChI is InChI=1S/C11H14N6O2S/c1-6-5-9(14-19-6)12-10(18)7(2)20-11-13-15-16-17(11)8-3-4-8/h5,7-8H,3-4H2,1-2H3,(H,12,14,18). The third-order valence-corrected chi connectivity index (χ3v) is 3.93. The van der Waals surface area contributed by atoms with Crippen LogP contribution in [0.15, 0.2) is 15.7 Å². The molecule has 1 atom stereocenters. The SMILES string of the molecule is Cc1cc(NC(=O)C(C)Sc2nnnn2C2CC2)no1. The summed E-state index contributed by atoms with van der Waals surface area (Å²) in [5, 5.41) is 18.4. The van der Waals surface area contributed by atoms with Crippen LogP contribution in [0, 0.1) is 6.92 Å². The van der Waals surface area contributed by atoms with Crippen molar-refractivity contribution in [2.24, 2.45) is 0 Å². The van der Waals surface area contributed by atoms with Crippen LogP contribution in [0.25, 0.3) is 0 Å². The van der Waals surface area contributed by atoms with Crippen LogP contribution in [0.5, 0.6) is 0 Å². The van der Waals surface area contributed by atoms with Gasteiger partial charge in [-0.15, -0.1) is 5.10 Å². The zero-order valence-corrected chi connectivity index (χ0v) is 11.9. The molecule has 0 radical (unpaired) electrons. The highest BCUT2D eigenvalue weighted by Crippen LogP contribution is 2.37. The topological polar surface area (TPSA) is 98.7 Å². The number of amides is 1. The monoisotopic (exact) mass is 294 g/mol. The molecule has 1 fully saturated rings. The van der Waals surface area contributed by atoms with Crippen LogP contribution < -0.4 is 5.32 Å². The summed E-state index contributed by atoms with van der Waals surface area (Å²) in [6.07, 6.45) is 2.19. The van der Waals surface area contributed by atoms with E-state index in [1.807, 2.05) is 0 Å². The number of tetrazole rings is 1. The highest BCUT2D eigenvalue weighted by molar-refractivity contribution is 8.00. The Morgan fingerprint density at radius 1 is 1.60 bits per heavy atom. The number of carbonyl (C=O) groups is 1. The average molecular weight is 294 g/mol. The molecule has 1 saturated carbocycles. The first-order chi connectivity index (χ1) is 9.63. The molecule has 0 spiro atoms. The van der Waals surface area contributed by atoms with Gasteiger partial charge in [-0.2, -0.15) is 0 Å². The fraction of sp³-hybridized carbons (Fsp3) is 0.545. The van der Waals surface area contributed by atoms with Gasteiger partial charge in [0.25, 0.3) is 0 Å². The Morgan fingerprint density at radius 2 is 2.40 bits per heavy atom. The minimum Gasteiger partial charge on any atom is -0.360 e. The molecule has 0 bridgehead atoms. The average Bonchev–Trinajstić information content (AvgIpc) is 3.03. The van der Waals surface area contributed by atoms with Gasteiger partial charge in [-0.3, -0.25) is 4.79 Å². The Labute approximate surface area is 119 Å². The predicted octanol–water partition coefficient (Wildman–Crippen LogP) is 1.42. The summed E-state index contributed by atoms with van der Waals surface area (Å²) in [6.45, 7) is 3.57. The zero-order valence-electron chi connectivity index (χ0n) is 11.1. The van der Waals surface area contributed by atoms with Crippen molar-refractivity contribution < 1.29 is 9.32 Å². The molecule has 0 aliphatic heterocycles. The second kappa shape index (κ2) is 5.23. The van der Waals surface area contributed by atoms with Crippen molar-refractivity contribution in [3.63, 3.8) is 0 Å². The number of aryl methyl sites for hydroxylation is 1. The lowest BCUT2D eigenvalue weighted by molar-refractivity contribution is -0.115. The molecule has 1 amide bonds. The number of carbonyl (C=O) groups excluding carboxylic acids is 1. The first kappa shape index (κ1) is 13.1. The maximum Gasteiger partial charge on any atom is 0.238 e. The molecule has 2 aromatic rings. The molecule has 1 aliphatic carbocycles. The van der Waals surface area contributed by atoms with Gasteiger partial charge in [0.15, 0.2) is 5.82 Å². The third kappa shape index (κ3) is 2.82. The summed E-state index contributed by atoms with van der Waals surface area (Å²) in [5.41, 5.74) is 0.